The van der Waals surface area contributed by atoms with E-state index in [-0.39, 0.29) is 0 Å². The molecule has 0 aromatic heterocycles. The zero-order valence-corrected chi connectivity index (χ0v) is 13.1. The molecule has 2 aromatic carbocycles. The molecule has 0 saturated carbocycles. The van der Waals surface area contributed by atoms with Crippen molar-refractivity contribution in [3.63, 3.8) is 0 Å². The van der Waals surface area contributed by atoms with Crippen molar-refractivity contribution in [3.05, 3.63) is 70.3 Å². The van der Waals surface area contributed by atoms with Crippen LogP contribution < -0.4 is 0 Å². The van der Waals surface area contributed by atoms with E-state index < -0.39 is 57.8 Å². The molecule has 0 atom stereocenters. The van der Waals surface area contributed by atoms with Crippen molar-refractivity contribution in [3.8, 4) is 0 Å². The summed E-state index contributed by atoms with van der Waals surface area (Å²) >= 11 is 0. The number of hydrogen-bond donors (Lipinski definition) is 1. The summed E-state index contributed by atoms with van der Waals surface area (Å²) in [6.45, 7) is 0. The molecule has 1 N–H and O–H groups in total. The summed E-state index contributed by atoms with van der Waals surface area (Å²) in [6, 6.07) is 5.80. The van der Waals surface area contributed by atoms with Crippen LogP contribution in [0.1, 0.15) is 41.4 Å². The number of aromatic carboxylic acids is 1. The quantitative estimate of drug-likeness (QED) is 0.656. The molecule has 0 unspecified atom stereocenters. The van der Waals surface area contributed by atoms with Gasteiger partial charge in [0.1, 0.15) is 22.8 Å². The first kappa shape index (κ1) is 18.7. The summed E-state index contributed by atoms with van der Waals surface area (Å²) in [4.78, 5) is 46.9. The lowest BCUT2D eigenvalue weighted by Gasteiger charge is -2.09. The number of carbonyl (C=O) groups is 4. The Balaban J connectivity index is 2.41. The Kier molecular flexibility index (Phi) is 5.41. The number of esters is 3. The molecule has 0 aliphatic rings. The predicted molar refractivity (Wildman–Crippen MR) is 80.8 cm³/mol. The van der Waals surface area contributed by atoms with E-state index in [1.165, 1.54) is 0 Å². The number of methoxy groups -OCH3 is 1. The lowest BCUT2D eigenvalue weighted by molar-refractivity contribution is 0.0380. The van der Waals surface area contributed by atoms with Crippen molar-refractivity contribution in [2.75, 3.05) is 7.11 Å². The Labute approximate surface area is 144 Å². The number of hydrogen-bond acceptors (Lipinski definition) is 6. The van der Waals surface area contributed by atoms with Crippen LogP contribution in [0.5, 0.6) is 0 Å². The first-order valence-corrected chi connectivity index (χ1v) is 6.93. The minimum absolute atomic E-state index is 0.497. The van der Waals surface area contributed by atoms with E-state index in [2.05, 4.69) is 9.47 Å². The standard InChI is InChI=1S/C17H10F2O7/c1-25-15(22)9-5-3-7-11(19)13(9)17(24)26-16(23)8-4-2-6-10(18)12(8)14(20)21/h2-7H,1H3,(H,20,21). The molecule has 0 fully saturated rings. The predicted octanol–water partition coefficient (Wildman–Crippen LogP) is 2.45. The molecule has 7 nitrogen and oxygen atoms in total. The fraction of sp³-hybridized carbons (Fsp3) is 0.0588. The van der Waals surface area contributed by atoms with E-state index in [1.807, 2.05) is 0 Å². The highest BCUT2D eigenvalue weighted by atomic mass is 19.1. The molecule has 0 aliphatic heterocycles. The van der Waals surface area contributed by atoms with E-state index in [4.69, 9.17) is 5.11 Å². The summed E-state index contributed by atoms with van der Waals surface area (Å²) < 4.78 is 36.4. The Morgan fingerprint density at radius 3 is 1.81 bits per heavy atom. The molecule has 134 valence electrons. The third kappa shape index (κ3) is 3.56. The van der Waals surface area contributed by atoms with Gasteiger partial charge in [0, 0.05) is 0 Å². The Hall–Kier alpha value is -3.62. The lowest BCUT2D eigenvalue weighted by Crippen LogP contribution is -2.20. The minimum atomic E-state index is -1.76. The van der Waals surface area contributed by atoms with Crippen LogP contribution in [0.25, 0.3) is 0 Å². The van der Waals surface area contributed by atoms with E-state index >= 15 is 0 Å². The highest BCUT2D eigenvalue weighted by molar-refractivity contribution is 6.10. The molecule has 9 heteroatoms. The molecule has 2 rings (SSSR count). The second kappa shape index (κ2) is 7.51. The zero-order chi connectivity index (χ0) is 19.4. The second-order valence-electron chi connectivity index (χ2n) is 4.80. The molecular formula is C17H10F2O7. The van der Waals surface area contributed by atoms with Crippen LogP contribution in [-0.2, 0) is 9.47 Å². The number of carboxylic acids is 1. The Morgan fingerprint density at radius 2 is 1.31 bits per heavy atom. The zero-order valence-electron chi connectivity index (χ0n) is 13.1. The number of benzene rings is 2. The molecule has 0 saturated heterocycles. The first-order valence-electron chi connectivity index (χ1n) is 6.93. The van der Waals surface area contributed by atoms with Crippen molar-refractivity contribution in [2.45, 2.75) is 0 Å². The molecule has 0 radical (unpaired) electrons. The number of carbonyl (C=O) groups excluding carboxylic acids is 3. The van der Waals surface area contributed by atoms with E-state index in [0.29, 0.717) is 0 Å². The van der Waals surface area contributed by atoms with Gasteiger partial charge >= 0.3 is 23.9 Å². The van der Waals surface area contributed by atoms with Crippen LogP contribution >= 0.6 is 0 Å². The monoisotopic (exact) mass is 364 g/mol. The summed E-state index contributed by atoms with van der Waals surface area (Å²) in [5.41, 5.74) is -3.13. The molecule has 2 aromatic rings. The van der Waals surface area contributed by atoms with Gasteiger partial charge in [0.2, 0.25) is 0 Å². The minimum Gasteiger partial charge on any atom is -0.478 e. The average Bonchev–Trinajstić information content (AvgIpc) is 2.59. The maximum atomic E-state index is 13.9. The third-order valence-corrected chi connectivity index (χ3v) is 3.26. The largest absolute Gasteiger partial charge is 0.478 e. The maximum absolute atomic E-state index is 13.9. The molecule has 26 heavy (non-hydrogen) atoms. The SMILES string of the molecule is COC(=O)c1cccc(F)c1C(=O)OC(=O)c1cccc(F)c1C(=O)O. The molecular weight excluding hydrogens is 354 g/mol. The number of halogens is 2. The van der Waals surface area contributed by atoms with Crippen molar-refractivity contribution in [2.24, 2.45) is 0 Å². The Morgan fingerprint density at radius 1 is 0.808 bits per heavy atom. The van der Waals surface area contributed by atoms with Crippen LogP contribution in [0.3, 0.4) is 0 Å². The van der Waals surface area contributed by atoms with Gasteiger partial charge in [-0.3, -0.25) is 0 Å². The third-order valence-electron chi connectivity index (χ3n) is 3.26. The van der Waals surface area contributed by atoms with Crippen LogP contribution in [-0.4, -0.2) is 36.1 Å². The van der Waals surface area contributed by atoms with Gasteiger partial charge in [-0.25, -0.2) is 28.0 Å². The van der Waals surface area contributed by atoms with Gasteiger partial charge in [0.25, 0.3) is 0 Å². The smallest absolute Gasteiger partial charge is 0.349 e. The normalized spacial score (nSPS) is 10.1. The van der Waals surface area contributed by atoms with E-state index in [1.54, 1.807) is 0 Å². The second-order valence-corrected chi connectivity index (χ2v) is 4.80. The number of rotatable bonds is 4. The molecule has 0 aliphatic carbocycles. The number of carboxylic acid groups (broad SMARTS) is 1. The summed E-state index contributed by atoms with van der Waals surface area (Å²) in [6.07, 6.45) is 0. The van der Waals surface area contributed by atoms with E-state index in [0.717, 1.165) is 43.5 Å². The van der Waals surface area contributed by atoms with Crippen LogP contribution in [0, 0.1) is 11.6 Å². The fourth-order valence-corrected chi connectivity index (χ4v) is 2.11. The van der Waals surface area contributed by atoms with Gasteiger partial charge < -0.3 is 14.6 Å². The van der Waals surface area contributed by atoms with Gasteiger partial charge in [-0.1, -0.05) is 12.1 Å². The summed E-state index contributed by atoms with van der Waals surface area (Å²) in [7, 11) is 0.999. The summed E-state index contributed by atoms with van der Waals surface area (Å²) in [5, 5.41) is 8.99. The number of ether oxygens (including phenoxy) is 2. The van der Waals surface area contributed by atoms with Gasteiger partial charge in [-0.2, -0.15) is 0 Å². The lowest BCUT2D eigenvalue weighted by atomic mass is 10.1. The average molecular weight is 364 g/mol. The van der Waals surface area contributed by atoms with Crippen LogP contribution in [0.4, 0.5) is 8.78 Å². The Bertz CT molecular complexity index is 921. The first-order chi connectivity index (χ1) is 12.3. The maximum Gasteiger partial charge on any atom is 0.349 e. The van der Waals surface area contributed by atoms with Gasteiger partial charge in [0.05, 0.1) is 18.2 Å². The highest BCUT2D eigenvalue weighted by Gasteiger charge is 2.28. The summed E-state index contributed by atoms with van der Waals surface area (Å²) in [5.74, 6) is -8.28. The van der Waals surface area contributed by atoms with E-state index in [9.17, 15) is 28.0 Å². The van der Waals surface area contributed by atoms with Crippen molar-refractivity contribution in [1.29, 1.82) is 0 Å². The van der Waals surface area contributed by atoms with Gasteiger partial charge in [-0.15, -0.1) is 0 Å². The van der Waals surface area contributed by atoms with Crippen molar-refractivity contribution in [1.82, 2.24) is 0 Å². The van der Waals surface area contributed by atoms with Crippen molar-refractivity contribution >= 4 is 23.9 Å². The van der Waals surface area contributed by atoms with Crippen LogP contribution in [0.15, 0.2) is 36.4 Å². The topological polar surface area (TPSA) is 107 Å². The van der Waals surface area contributed by atoms with Gasteiger partial charge in [-0.05, 0) is 24.3 Å². The molecule has 0 heterocycles. The molecule has 0 spiro atoms. The van der Waals surface area contributed by atoms with Gasteiger partial charge in [0.15, 0.2) is 0 Å². The van der Waals surface area contributed by atoms with Crippen molar-refractivity contribution < 1.29 is 42.5 Å². The van der Waals surface area contributed by atoms with Crippen LogP contribution in [0.2, 0.25) is 0 Å². The molecule has 0 bridgehead atoms. The fourth-order valence-electron chi connectivity index (χ4n) is 2.11. The highest BCUT2D eigenvalue weighted by Crippen LogP contribution is 2.19. The molecule has 0 amide bonds.